The molecule has 4 nitrogen and oxygen atoms in total. The predicted molar refractivity (Wildman–Crippen MR) is 67.0 cm³/mol. The van der Waals surface area contributed by atoms with E-state index in [2.05, 4.69) is 9.72 Å². The molecule has 0 bridgehead atoms. The predicted octanol–water partition coefficient (Wildman–Crippen LogP) is 2.27. The van der Waals surface area contributed by atoms with Gasteiger partial charge in [0.1, 0.15) is 5.57 Å². The Morgan fingerprint density at radius 1 is 1.44 bits per heavy atom. The zero-order valence-corrected chi connectivity index (χ0v) is 10.6. The Balaban J connectivity index is 2.33. The molecular weight excluding hydrogens is 254 g/mol. The first kappa shape index (κ1) is 12.8. The molecule has 0 amide bonds. The molecule has 0 atom stereocenters. The second kappa shape index (κ2) is 5.31. The lowest BCUT2D eigenvalue weighted by Crippen LogP contribution is -2.15. The molecule has 2 rings (SSSR count). The van der Waals surface area contributed by atoms with Crippen molar-refractivity contribution >= 4 is 29.4 Å². The van der Waals surface area contributed by atoms with Crippen LogP contribution < -0.4 is 0 Å². The monoisotopic (exact) mass is 265 g/mol. The molecule has 1 saturated carbocycles. The molecule has 1 aromatic rings. The minimum Gasteiger partial charge on any atom is -0.465 e. The molecule has 1 aliphatic carbocycles. The maximum Gasteiger partial charge on any atom is 0.341 e. The smallest absolute Gasteiger partial charge is 0.341 e. The van der Waals surface area contributed by atoms with Gasteiger partial charge >= 0.3 is 5.97 Å². The van der Waals surface area contributed by atoms with Gasteiger partial charge in [-0.2, -0.15) is 0 Å². The number of esters is 1. The molecule has 0 aliphatic heterocycles. The lowest BCUT2D eigenvalue weighted by Gasteiger charge is -2.04. The average Bonchev–Trinajstić information content (AvgIpc) is 3.18. The van der Waals surface area contributed by atoms with E-state index in [1.165, 1.54) is 25.6 Å². The summed E-state index contributed by atoms with van der Waals surface area (Å²) in [6.07, 6.45) is 6.17. The SMILES string of the molecule is COC(=O)C(=Cc1cncc(Cl)c1)C(=O)C1CC1. The summed E-state index contributed by atoms with van der Waals surface area (Å²) >= 11 is 5.80. The molecular formula is C13H12ClNO3. The number of hydrogen-bond acceptors (Lipinski definition) is 4. The van der Waals surface area contributed by atoms with E-state index in [0.717, 1.165) is 12.8 Å². The third-order valence-electron chi connectivity index (χ3n) is 2.66. The molecule has 0 unspecified atom stereocenters. The van der Waals surface area contributed by atoms with Crippen LogP contribution in [0.25, 0.3) is 6.08 Å². The largest absolute Gasteiger partial charge is 0.465 e. The normalized spacial score (nSPS) is 15.3. The van der Waals surface area contributed by atoms with E-state index in [0.29, 0.717) is 10.6 Å². The third kappa shape index (κ3) is 2.96. The molecule has 0 aromatic carbocycles. The number of pyridine rings is 1. The van der Waals surface area contributed by atoms with Gasteiger partial charge in [-0.3, -0.25) is 9.78 Å². The van der Waals surface area contributed by atoms with Gasteiger partial charge in [-0.05, 0) is 30.5 Å². The number of methoxy groups -OCH3 is 1. The molecule has 94 valence electrons. The van der Waals surface area contributed by atoms with E-state index < -0.39 is 5.97 Å². The Morgan fingerprint density at radius 3 is 2.72 bits per heavy atom. The fourth-order valence-corrected chi connectivity index (χ4v) is 1.76. The highest BCUT2D eigenvalue weighted by atomic mass is 35.5. The highest BCUT2D eigenvalue weighted by molar-refractivity contribution is 6.30. The third-order valence-corrected chi connectivity index (χ3v) is 2.86. The zero-order chi connectivity index (χ0) is 13.1. The Bertz CT molecular complexity index is 521. The Kier molecular flexibility index (Phi) is 3.77. The molecule has 1 fully saturated rings. The molecule has 1 heterocycles. The van der Waals surface area contributed by atoms with Gasteiger partial charge in [0, 0.05) is 18.3 Å². The number of carbonyl (C=O) groups excluding carboxylic acids is 2. The standard InChI is InChI=1S/C13H12ClNO3/c1-18-13(17)11(12(16)9-2-3-9)5-8-4-10(14)7-15-6-8/h4-7,9H,2-3H2,1H3. The lowest BCUT2D eigenvalue weighted by molar-refractivity contribution is -0.137. The van der Waals surface area contributed by atoms with Crippen LogP contribution in [0.5, 0.6) is 0 Å². The first-order valence-corrected chi connectivity index (χ1v) is 5.94. The van der Waals surface area contributed by atoms with Crippen LogP contribution in [0.1, 0.15) is 18.4 Å². The Labute approximate surface area is 110 Å². The lowest BCUT2D eigenvalue weighted by atomic mass is 10.1. The number of rotatable bonds is 4. The van der Waals surface area contributed by atoms with Crippen molar-refractivity contribution in [3.63, 3.8) is 0 Å². The molecule has 1 aromatic heterocycles. The van der Waals surface area contributed by atoms with E-state index in [4.69, 9.17) is 11.6 Å². The Morgan fingerprint density at radius 2 is 2.17 bits per heavy atom. The highest BCUT2D eigenvalue weighted by Gasteiger charge is 2.34. The van der Waals surface area contributed by atoms with Crippen molar-refractivity contribution in [3.05, 3.63) is 34.6 Å². The van der Waals surface area contributed by atoms with Crippen molar-refractivity contribution in [1.29, 1.82) is 0 Å². The average molecular weight is 266 g/mol. The van der Waals surface area contributed by atoms with E-state index in [-0.39, 0.29) is 17.3 Å². The van der Waals surface area contributed by atoms with Gasteiger partial charge in [0.25, 0.3) is 0 Å². The molecule has 0 spiro atoms. The van der Waals surface area contributed by atoms with E-state index in [1.54, 1.807) is 6.07 Å². The molecule has 18 heavy (non-hydrogen) atoms. The molecule has 0 radical (unpaired) electrons. The summed E-state index contributed by atoms with van der Waals surface area (Å²) in [5.41, 5.74) is 0.668. The van der Waals surface area contributed by atoms with E-state index in [9.17, 15) is 9.59 Å². The quantitative estimate of drug-likeness (QED) is 0.363. The molecule has 1 aliphatic rings. The summed E-state index contributed by atoms with van der Waals surface area (Å²) in [4.78, 5) is 27.5. The van der Waals surface area contributed by atoms with Crippen LogP contribution >= 0.6 is 11.6 Å². The summed E-state index contributed by atoms with van der Waals surface area (Å²) in [7, 11) is 1.26. The number of halogens is 1. The van der Waals surface area contributed by atoms with Gasteiger partial charge in [-0.15, -0.1) is 0 Å². The molecule has 0 N–H and O–H groups in total. The van der Waals surface area contributed by atoms with E-state index >= 15 is 0 Å². The number of hydrogen-bond donors (Lipinski definition) is 0. The zero-order valence-electron chi connectivity index (χ0n) is 9.85. The van der Waals surface area contributed by atoms with Gasteiger partial charge in [0.2, 0.25) is 0 Å². The minimum atomic E-state index is -0.619. The van der Waals surface area contributed by atoms with Crippen molar-refractivity contribution in [2.75, 3.05) is 7.11 Å². The maximum atomic E-state index is 12.0. The number of Topliss-reactive ketones (excluding diaryl/α,β-unsaturated/α-hetero) is 1. The maximum absolute atomic E-state index is 12.0. The van der Waals surface area contributed by atoms with Crippen molar-refractivity contribution in [2.45, 2.75) is 12.8 Å². The summed E-state index contributed by atoms with van der Waals surface area (Å²) in [6, 6.07) is 1.64. The van der Waals surface area contributed by atoms with Crippen LogP contribution in [-0.2, 0) is 14.3 Å². The molecule has 0 saturated heterocycles. The van der Waals surface area contributed by atoms with Crippen LogP contribution in [0.2, 0.25) is 5.02 Å². The second-order valence-electron chi connectivity index (χ2n) is 4.12. The van der Waals surface area contributed by atoms with Gasteiger partial charge in [-0.25, -0.2) is 4.79 Å². The summed E-state index contributed by atoms with van der Waals surface area (Å²) in [6.45, 7) is 0. The van der Waals surface area contributed by atoms with Crippen molar-refractivity contribution in [1.82, 2.24) is 4.98 Å². The van der Waals surface area contributed by atoms with Crippen molar-refractivity contribution in [3.8, 4) is 0 Å². The number of carbonyl (C=O) groups is 2. The number of ether oxygens (including phenoxy) is 1. The van der Waals surface area contributed by atoms with Gasteiger partial charge < -0.3 is 4.74 Å². The van der Waals surface area contributed by atoms with Crippen molar-refractivity contribution < 1.29 is 14.3 Å². The fraction of sp³-hybridized carbons (Fsp3) is 0.308. The Hall–Kier alpha value is -1.68. The first-order chi connectivity index (χ1) is 8.61. The first-order valence-electron chi connectivity index (χ1n) is 5.56. The summed E-state index contributed by atoms with van der Waals surface area (Å²) in [5, 5.41) is 0.451. The molecule has 5 heteroatoms. The number of nitrogens with zero attached hydrogens (tertiary/aromatic N) is 1. The highest BCUT2D eigenvalue weighted by Crippen LogP contribution is 2.33. The van der Waals surface area contributed by atoms with Crippen LogP contribution in [0.15, 0.2) is 24.0 Å². The van der Waals surface area contributed by atoms with Gasteiger partial charge in [-0.1, -0.05) is 11.6 Å². The minimum absolute atomic E-state index is 0.0394. The van der Waals surface area contributed by atoms with Crippen LogP contribution in [0.3, 0.4) is 0 Å². The second-order valence-corrected chi connectivity index (χ2v) is 4.56. The van der Waals surface area contributed by atoms with Crippen LogP contribution in [0, 0.1) is 5.92 Å². The van der Waals surface area contributed by atoms with Crippen LogP contribution in [0.4, 0.5) is 0 Å². The number of ketones is 1. The summed E-state index contributed by atoms with van der Waals surface area (Å²) < 4.78 is 4.63. The fourth-order valence-electron chi connectivity index (χ4n) is 1.58. The number of aromatic nitrogens is 1. The van der Waals surface area contributed by atoms with Gasteiger partial charge in [0.15, 0.2) is 5.78 Å². The van der Waals surface area contributed by atoms with Gasteiger partial charge in [0.05, 0.1) is 12.1 Å². The van der Waals surface area contributed by atoms with Crippen LogP contribution in [-0.4, -0.2) is 23.8 Å². The van der Waals surface area contributed by atoms with Crippen molar-refractivity contribution in [2.24, 2.45) is 5.92 Å². The summed E-state index contributed by atoms with van der Waals surface area (Å²) in [5.74, 6) is -0.823. The van der Waals surface area contributed by atoms with E-state index in [1.807, 2.05) is 0 Å². The topological polar surface area (TPSA) is 56.3 Å².